The van der Waals surface area contributed by atoms with Crippen LogP contribution >= 0.6 is 11.3 Å². The van der Waals surface area contributed by atoms with Gasteiger partial charge < -0.3 is 5.11 Å². The first-order chi connectivity index (χ1) is 9.49. The Morgan fingerprint density at radius 2 is 1.95 bits per heavy atom. The van der Waals surface area contributed by atoms with E-state index >= 15 is 0 Å². The molecule has 2 aromatic rings. The predicted molar refractivity (Wildman–Crippen MR) is 82.3 cm³/mol. The lowest BCUT2D eigenvalue weighted by Crippen LogP contribution is -2.21. The highest BCUT2D eigenvalue weighted by Gasteiger charge is 2.15. The lowest BCUT2D eigenvalue weighted by atomic mass is 10.1. The summed E-state index contributed by atoms with van der Waals surface area (Å²) in [5.74, 6) is -0.882. The standard InChI is InChI=1S/C16H19NO2S/c1-11-8-9-20-15(11)12(2)17(3)10-13-4-6-14(7-5-13)16(18)19/h4-9,12H,10H2,1-3H3,(H,18,19). The van der Waals surface area contributed by atoms with Crippen molar-refractivity contribution >= 4 is 17.3 Å². The number of aryl methyl sites for hydroxylation is 1. The molecule has 0 amide bonds. The van der Waals surface area contributed by atoms with E-state index in [1.54, 1.807) is 23.5 Å². The normalized spacial score (nSPS) is 12.6. The molecule has 0 aliphatic rings. The average Bonchev–Trinajstić information content (AvgIpc) is 2.84. The number of nitrogens with zero attached hydrogens (tertiary/aromatic N) is 1. The van der Waals surface area contributed by atoms with Gasteiger partial charge >= 0.3 is 5.97 Å². The molecular weight excluding hydrogens is 270 g/mol. The second-order valence-electron chi connectivity index (χ2n) is 5.06. The number of carboxylic acid groups (broad SMARTS) is 1. The molecule has 1 atom stereocenters. The minimum absolute atomic E-state index is 0.332. The van der Waals surface area contributed by atoms with Gasteiger partial charge in [0.25, 0.3) is 0 Å². The van der Waals surface area contributed by atoms with E-state index in [4.69, 9.17) is 5.11 Å². The Morgan fingerprint density at radius 1 is 1.30 bits per heavy atom. The van der Waals surface area contributed by atoms with Crippen molar-refractivity contribution < 1.29 is 9.90 Å². The minimum atomic E-state index is -0.882. The zero-order chi connectivity index (χ0) is 14.7. The topological polar surface area (TPSA) is 40.5 Å². The summed E-state index contributed by atoms with van der Waals surface area (Å²) in [6.45, 7) is 5.14. The van der Waals surface area contributed by atoms with Crippen LogP contribution in [0, 0.1) is 6.92 Å². The van der Waals surface area contributed by atoms with Crippen molar-refractivity contribution in [2.24, 2.45) is 0 Å². The van der Waals surface area contributed by atoms with E-state index in [1.165, 1.54) is 10.4 Å². The summed E-state index contributed by atoms with van der Waals surface area (Å²) < 4.78 is 0. The largest absolute Gasteiger partial charge is 0.478 e. The first-order valence-electron chi connectivity index (χ1n) is 6.55. The predicted octanol–water partition coefficient (Wildman–Crippen LogP) is 3.95. The third kappa shape index (κ3) is 3.26. The van der Waals surface area contributed by atoms with Crippen LogP contribution in [0.15, 0.2) is 35.7 Å². The second-order valence-corrected chi connectivity index (χ2v) is 6.01. The highest BCUT2D eigenvalue weighted by molar-refractivity contribution is 7.10. The molecule has 1 aromatic heterocycles. The molecule has 1 aromatic carbocycles. The smallest absolute Gasteiger partial charge is 0.335 e. The monoisotopic (exact) mass is 289 g/mol. The number of thiophene rings is 1. The van der Waals surface area contributed by atoms with E-state index in [9.17, 15) is 4.79 Å². The Morgan fingerprint density at radius 3 is 2.45 bits per heavy atom. The first-order valence-corrected chi connectivity index (χ1v) is 7.43. The van der Waals surface area contributed by atoms with Gasteiger partial charge in [-0.25, -0.2) is 4.79 Å². The van der Waals surface area contributed by atoms with Crippen LogP contribution in [0.5, 0.6) is 0 Å². The number of carbonyl (C=O) groups is 1. The molecule has 3 nitrogen and oxygen atoms in total. The Bertz CT molecular complexity index is 589. The molecule has 0 spiro atoms. The third-order valence-electron chi connectivity index (χ3n) is 3.58. The van der Waals surface area contributed by atoms with Gasteiger partial charge in [-0.1, -0.05) is 12.1 Å². The number of hydrogen-bond donors (Lipinski definition) is 1. The molecule has 0 aliphatic heterocycles. The summed E-state index contributed by atoms with van der Waals surface area (Å²) in [6.07, 6.45) is 0. The van der Waals surface area contributed by atoms with Crippen LogP contribution in [0.4, 0.5) is 0 Å². The van der Waals surface area contributed by atoms with Gasteiger partial charge in [0.1, 0.15) is 0 Å². The minimum Gasteiger partial charge on any atom is -0.478 e. The van der Waals surface area contributed by atoms with E-state index < -0.39 is 5.97 Å². The molecule has 1 unspecified atom stereocenters. The van der Waals surface area contributed by atoms with Crippen molar-refractivity contribution in [3.63, 3.8) is 0 Å². The maximum Gasteiger partial charge on any atom is 0.335 e. The zero-order valence-electron chi connectivity index (χ0n) is 12.0. The van der Waals surface area contributed by atoms with Crippen molar-refractivity contribution in [3.05, 3.63) is 57.3 Å². The highest BCUT2D eigenvalue weighted by Crippen LogP contribution is 2.28. The Balaban J connectivity index is 2.06. The van der Waals surface area contributed by atoms with Gasteiger partial charge in [-0.2, -0.15) is 0 Å². The molecule has 20 heavy (non-hydrogen) atoms. The average molecular weight is 289 g/mol. The Labute approximate surface area is 123 Å². The van der Waals surface area contributed by atoms with Gasteiger partial charge in [0, 0.05) is 17.5 Å². The van der Waals surface area contributed by atoms with Gasteiger partial charge in [0.2, 0.25) is 0 Å². The van der Waals surface area contributed by atoms with Crippen molar-refractivity contribution in [1.82, 2.24) is 4.90 Å². The zero-order valence-corrected chi connectivity index (χ0v) is 12.8. The lowest BCUT2D eigenvalue weighted by molar-refractivity contribution is 0.0697. The van der Waals surface area contributed by atoms with Crippen molar-refractivity contribution in [2.45, 2.75) is 26.4 Å². The summed E-state index contributed by atoms with van der Waals surface area (Å²) >= 11 is 1.78. The first kappa shape index (κ1) is 14.8. The lowest BCUT2D eigenvalue weighted by Gasteiger charge is -2.24. The summed E-state index contributed by atoms with van der Waals surface area (Å²) in [6, 6.07) is 9.58. The second kappa shape index (κ2) is 6.20. The van der Waals surface area contributed by atoms with Crippen LogP contribution in [0.3, 0.4) is 0 Å². The molecule has 1 N–H and O–H groups in total. The number of benzene rings is 1. The van der Waals surface area contributed by atoms with E-state index in [1.807, 2.05) is 12.1 Å². The maximum atomic E-state index is 10.8. The molecule has 106 valence electrons. The van der Waals surface area contributed by atoms with Crippen LogP contribution in [0.1, 0.15) is 39.3 Å². The van der Waals surface area contributed by atoms with Crippen LogP contribution in [-0.2, 0) is 6.54 Å². The van der Waals surface area contributed by atoms with Crippen LogP contribution in [0.25, 0.3) is 0 Å². The van der Waals surface area contributed by atoms with Crippen LogP contribution < -0.4 is 0 Å². The molecular formula is C16H19NO2S. The summed E-state index contributed by atoms with van der Waals surface area (Å²) in [5.41, 5.74) is 2.78. The summed E-state index contributed by atoms with van der Waals surface area (Å²) in [5, 5.41) is 11.0. The molecule has 0 saturated heterocycles. The van der Waals surface area contributed by atoms with E-state index in [0.29, 0.717) is 11.6 Å². The third-order valence-corrected chi connectivity index (χ3v) is 4.76. The Kier molecular flexibility index (Phi) is 4.57. The van der Waals surface area contributed by atoms with E-state index in [0.717, 1.165) is 12.1 Å². The van der Waals surface area contributed by atoms with Crippen molar-refractivity contribution in [3.8, 4) is 0 Å². The molecule has 0 aliphatic carbocycles. The van der Waals surface area contributed by atoms with Gasteiger partial charge in [-0.05, 0) is 55.6 Å². The van der Waals surface area contributed by atoms with Crippen molar-refractivity contribution in [1.29, 1.82) is 0 Å². The fraction of sp³-hybridized carbons (Fsp3) is 0.312. The maximum absolute atomic E-state index is 10.8. The number of hydrogen-bond acceptors (Lipinski definition) is 3. The van der Waals surface area contributed by atoms with E-state index in [-0.39, 0.29) is 0 Å². The highest BCUT2D eigenvalue weighted by atomic mass is 32.1. The quantitative estimate of drug-likeness (QED) is 0.906. The van der Waals surface area contributed by atoms with Gasteiger partial charge in [-0.15, -0.1) is 11.3 Å². The molecule has 0 bridgehead atoms. The van der Waals surface area contributed by atoms with E-state index in [2.05, 4.69) is 37.2 Å². The summed E-state index contributed by atoms with van der Waals surface area (Å²) in [7, 11) is 2.09. The number of aromatic carboxylic acids is 1. The number of carboxylic acids is 1. The molecule has 1 heterocycles. The van der Waals surface area contributed by atoms with Crippen LogP contribution in [-0.4, -0.2) is 23.0 Å². The summed E-state index contributed by atoms with van der Waals surface area (Å²) in [4.78, 5) is 14.5. The SMILES string of the molecule is Cc1ccsc1C(C)N(C)Cc1ccc(C(=O)O)cc1. The van der Waals surface area contributed by atoms with Gasteiger partial charge in [0.15, 0.2) is 0 Å². The molecule has 2 rings (SSSR count). The fourth-order valence-electron chi connectivity index (χ4n) is 2.19. The van der Waals surface area contributed by atoms with Crippen LogP contribution in [0.2, 0.25) is 0 Å². The van der Waals surface area contributed by atoms with Gasteiger partial charge in [-0.3, -0.25) is 4.90 Å². The molecule has 0 fully saturated rings. The van der Waals surface area contributed by atoms with Crippen molar-refractivity contribution in [2.75, 3.05) is 7.05 Å². The Hall–Kier alpha value is -1.65. The fourth-order valence-corrected chi connectivity index (χ4v) is 3.24. The number of rotatable bonds is 5. The molecule has 4 heteroatoms. The van der Waals surface area contributed by atoms with Gasteiger partial charge in [0.05, 0.1) is 5.56 Å². The molecule has 0 saturated carbocycles. The molecule has 0 radical (unpaired) electrons.